The zero-order chi connectivity index (χ0) is 10.5. The molecule has 0 bridgehead atoms. The first-order valence-corrected chi connectivity index (χ1v) is 5.15. The van der Waals surface area contributed by atoms with Crippen LogP contribution in [0.2, 0.25) is 0 Å². The summed E-state index contributed by atoms with van der Waals surface area (Å²) in [6, 6.07) is 0. The number of rotatable bonds is 1. The molecular weight excluding hydrogens is 199 g/mol. The van der Waals surface area contributed by atoms with Crippen molar-refractivity contribution in [3.63, 3.8) is 0 Å². The third-order valence-electron chi connectivity index (χ3n) is 2.74. The van der Waals surface area contributed by atoms with Gasteiger partial charge in [0.05, 0.1) is 5.69 Å². The van der Waals surface area contributed by atoms with E-state index in [0.29, 0.717) is 5.92 Å². The fourth-order valence-corrected chi connectivity index (χ4v) is 1.88. The molecule has 1 aromatic rings. The zero-order valence-electron chi connectivity index (χ0n) is 10.3. The predicted molar refractivity (Wildman–Crippen MR) is 53.3 cm³/mol. The van der Waals surface area contributed by atoms with Crippen molar-refractivity contribution in [1.82, 2.24) is 9.78 Å². The van der Waals surface area contributed by atoms with Gasteiger partial charge in [-0.05, 0) is 29.7 Å². The molecule has 0 unspecified atom stereocenters. The molecule has 1 fully saturated rings. The number of hydrogen-bond acceptors (Lipinski definition) is 2. The van der Waals surface area contributed by atoms with Crippen molar-refractivity contribution in [2.75, 3.05) is 0 Å². The van der Waals surface area contributed by atoms with Gasteiger partial charge in [0.1, 0.15) is 0 Å². The van der Waals surface area contributed by atoms with E-state index < -0.39 is 0 Å². The van der Waals surface area contributed by atoms with Crippen molar-refractivity contribution < 1.29 is 34.7 Å². The Morgan fingerprint density at radius 2 is 1.87 bits per heavy atom. The first-order chi connectivity index (χ1) is 6.41. The van der Waals surface area contributed by atoms with Crippen molar-refractivity contribution in [1.29, 1.82) is 0 Å². The predicted octanol–water partition coefficient (Wildman–Crippen LogP) is -1.33. The molecule has 0 amide bonds. The molecule has 3 nitrogen and oxygen atoms in total. The second-order valence-electron chi connectivity index (χ2n) is 5.21. The molecule has 2 rings (SSSR count). The molecule has 4 heteroatoms. The van der Waals surface area contributed by atoms with Crippen LogP contribution in [-0.4, -0.2) is 9.78 Å². The summed E-state index contributed by atoms with van der Waals surface area (Å²) in [5.74, 6) is 0.637. The summed E-state index contributed by atoms with van der Waals surface area (Å²) in [4.78, 5) is 0. The maximum Gasteiger partial charge on any atom is 1.00 e. The van der Waals surface area contributed by atoms with Crippen molar-refractivity contribution in [3.05, 3.63) is 11.3 Å². The van der Waals surface area contributed by atoms with Gasteiger partial charge in [-0.25, -0.2) is 0 Å². The van der Waals surface area contributed by atoms with E-state index in [2.05, 4.69) is 25.9 Å². The van der Waals surface area contributed by atoms with E-state index in [0.717, 1.165) is 11.3 Å². The van der Waals surface area contributed by atoms with E-state index >= 15 is 0 Å². The average Bonchev–Trinajstić information content (AvgIpc) is 2.78. The molecule has 1 heterocycles. The molecule has 0 N–H and O–H groups in total. The average molecular weight is 216 g/mol. The van der Waals surface area contributed by atoms with Crippen LogP contribution in [-0.2, 0) is 12.5 Å². The number of nitrogens with zero attached hydrogens (tertiary/aromatic N) is 2. The van der Waals surface area contributed by atoms with Crippen LogP contribution in [0.25, 0.3) is 0 Å². The number of aryl methyl sites for hydroxylation is 1. The van der Waals surface area contributed by atoms with Crippen LogP contribution < -0.4 is 34.7 Å². The normalized spacial score (nSPS) is 16.3. The fourth-order valence-electron chi connectivity index (χ4n) is 1.88. The number of aromatic nitrogens is 2. The maximum absolute atomic E-state index is 11.9. The van der Waals surface area contributed by atoms with E-state index in [-0.39, 0.29) is 40.9 Å². The van der Waals surface area contributed by atoms with E-state index in [4.69, 9.17) is 0 Å². The summed E-state index contributed by atoms with van der Waals surface area (Å²) in [5, 5.41) is 16.2. The van der Waals surface area contributed by atoms with Crippen LogP contribution in [0.1, 0.15) is 50.8 Å². The molecule has 0 aliphatic heterocycles. The molecule has 15 heavy (non-hydrogen) atoms. The van der Waals surface area contributed by atoms with Gasteiger partial charge < -0.3 is 5.11 Å². The smallest absolute Gasteiger partial charge is 0.859 e. The largest absolute Gasteiger partial charge is 1.00 e. The van der Waals surface area contributed by atoms with E-state index in [1.165, 1.54) is 17.5 Å². The van der Waals surface area contributed by atoms with Crippen LogP contribution in [0.15, 0.2) is 0 Å². The van der Waals surface area contributed by atoms with Crippen LogP contribution in [0.5, 0.6) is 5.88 Å². The van der Waals surface area contributed by atoms with Gasteiger partial charge in [0.2, 0.25) is 0 Å². The van der Waals surface area contributed by atoms with Crippen LogP contribution >= 0.6 is 0 Å². The van der Waals surface area contributed by atoms with Gasteiger partial charge >= 0.3 is 29.6 Å². The molecule has 0 atom stereocenters. The molecule has 0 aromatic carbocycles. The van der Waals surface area contributed by atoms with Crippen molar-refractivity contribution in [2.24, 2.45) is 7.05 Å². The van der Waals surface area contributed by atoms with E-state index in [1.54, 1.807) is 7.05 Å². The Bertz CT molecular complexity index is 361. The summed E-state index contributed by atoms with van der Waals surface area (Å²) >= 11 is 0. The van der Waals surface area contributed by atoms with Gasteiger partial charge in [0.25, 0.3) is 0 Å². The third-order valence-corrected chi connectivity index (χ3v) is 2.74. The monoisotopic (exact) mass is 216 g/mol. The Kier molecular flexibility index (Phi) is 3.59. The molecule has 0 spiro atoms. The van der Waals surface area contributed by atoms with E-state index in [1.807, 2.05) is 0 Å². The minimum absolute atomic E-state index is 0. The summed E-state index contributed by atoms with van der Waals surface area (Å²) in [6.07, 6.45) is 2.39. The number of hydrogen-bond donors (Lipinski definition) is 0. The summed E-state index contributed by atoms with van der Waals surface area (Å²) < 4.78 is 1.48. The van der Waals surface area contributed by atoms with Crippen molar-refractivity contribution in [2.45, 2.75) is 44.9 Å². The second-order valence-corrected chi connectivity index (χ2v) is 5.21. The van der Waals surface area contributed by atoms with Crippen molar-refractivity contribution >= 4 is 0 Å². The molecule has 1 saturated carbocycles. The van der Waals surface area contributed by atoms with Gasteiger partial charge in [-0.3, -0.25) is 4.68 Å². The molecule has 0 radical (unpaired) electrons. The van der Waals surface area contributed by atoms with Gasteiger partial charge in [0, 0.05) is 13.0 Å². The summed E-state index contributed by atoms with van der Waals surface area (Å²) in [7, 11) is 1.74. The van der Waals surface area contributed by atoms with Crippen molar-refractivity contribution in [3.8, 4) is 5.88 Å². The zero-order valence-corrected chi connectivity index (χ0v) is 12.3. The quantitative estimate of drug-likeness (QED) is 0.546. The van der Waals surface area contributed by atoms with Crippen LogP contribution in [0.4, 0.5) is 0 Å². The molecule has 0 saturated heterocycles. The van der Waals surface area contributed by atoms with Gasteiger partial charge in [-0.15, -0.1) is 0 Å². The molecule has 1 aliphatic rings. The first-order valence-electron chi connectivity index (χ1n) is 5.15. The Labute approximate surface area is 113 Å². The fraction of sp³-hybridized carbons (Fsp3) is 0.727. The third kappa shape index (κ3) is 2.40. The molecular formula is C11H17N2NaO. The Morgan fingerprint density at radius 3 is 2.27 bits per heavy atom. The van der Waals surface area contributed by atoms with Crippen LogP contribution in [0, 0.1) is 0 Å². The molecule has 78 valence electrons. The Balaban J connectivity index is 0.00000112. The molecule has 1 aromatic heterocycles. The Morgan fingerprint density at radius 1 is 1.33 bits per heavy atom. The van der Waals surface area contributed by atoms with Gasteiger partial charge in [0.15, 0.2) is 0 Å². The van der Waals surface area contributed by atoms with Crippen LogP contribution in [0.3, 0.4) is 0 Å². The van der Waals surface area contributed by atoms with E-state index in [9.17, 15) is 5.11 Å². The SMILES string of the molecule is Cn1nc(C2CC2)c(C(C)(C)C)c1[O-].[Na+]. The Hall–Kier alpha value is 0.0100. The van der Waals surface area contributed by atoms with Gasteiger partial charge in [-0.1, -0.05) is 20.8 Å². The standard InChI is InChI=1S/C11H18N2O.Na/c1-11(2,3)8-9(7-5-6-7)12-13(4)10(8)14;/h7,14H,5-6H2,1-4H3;/q;+1/p-1. The van der Waals surface area contributed by atoms with Gasteiger partial charge in [-0.2, -0.15) is 5.10 Å². The first kappa shape index (κ1) is 13.1. The minimum atomic E-state index is -0.0801. The second kappa shape index (κ2) is 4.11. The summed E-state index contributed by atoms with van der Waals surface area (Å²) in [5.41, 5.74) is 1.89. The molecule has 1 aliphatic carbocycles. The topological polar surface area (TPSA) is 40.9 Å². The maximum atomic E-state index is 11.9. The summed E-state index contributed by atoms with van der Waals surface area (Å²) in [6.45, 7) is 6.24. The minimum Gasteiger partial charge on any atom is -0.859 e.